The third kappa shape index (κ3) is 6.75. The molecule has 0 aliphatic heterocycles. The molecule has 3 aromatic rings. The molecule has 12 heteroatoms. The zero-order valence-electron chi connectivity index (χ0n) is 17.6. The molecule has 0 unspecified atom stereocenters. The van der Waals surface area contributed by atoms with Crippen molar-refractivity contribution < 1.29 is 22.7 Å². The fourth-order valence-corrected chi connectivity index (χ4v) is 4.62. The number of carbonyl (C=O) groups is 1. The normalized spacial score (nSPS) is 11.1. The molecule has 0 spiro atoms. The molecule has 0 atom stereocenters. The highest BCUT2D eigenvalue weighted by Gasteiger charge is 2.15. The van der Waals surface area contributed by atoms with E-state index in [-0.39, 0.29) is 15.1 Å². The van der Waals surface area contributed by atoms with Gasteiger partial charge in [0, 0.05) is 23.3 Å². The number of aromatic nitrogens is 1. The van der Waals surface area contributed by atoms with Crippen LogP contribution in [-0.4, -0.2) is 38.6 Å². The van der Waals surface area contributed by atoms with Crippen LogP contribution < -0.4 is 24.8 Å². The predicted molar refractivity (Wildman–Crippen MR) is 132 cm³/mol. The second kappa shape index (κ2) is 10.9. The minimum atomic E-state index is -3.75. The van der Waals surface area contributed by atoms with Crippen LogP contribution in [0.25, 0.3) is 6.08 Å². The van der Waals surface area contributed by atoms with Gasteiger partial charge in [-0.25, -0.2) is 13.4 Å². The second-order valence-corrected chi connectivity index (χ2v) is 9.34. The summed E-state index contributed by atoms with van der Waals surface area (Å²) in [4.78, 5) is 16.1. The maximum atomic E-state index is 12.4. The molecule has 0 aliphatic carbocycles. The number of ether oxygens (including phenoxy) is 2. The standard InChI is InChI=1S/C21H20N4O5S3/c1-29-17-9-3-14(13-18(17)30-2)4-10-19(26)24-20(31)23-15-5-7-16(8-6-15)33(27,28)25-21-22-11-12-32-21/h3-13H,1-2H3,(H,22,25)(H2,23,24,26,31). The second-order valence-electron chi connectivity index (χ2n) is 6.36. The summed E-state index contributed by atoms with van der Waals surface area (Å²) in [7, 11) is -0.677. The number of anilines is 2. The lowest BCUT2D eigenvalue weighted by Gasteiger charge is -2.10. The minimum Gasteiger partial charge on any atom is -0.493 e. The number of thiazole rings is 1. The summed E-state index contributed by atoms with van der Waals surface area (Å²) >= 11 is 6.33. The van der Waals surface area contributed by atoms with Gasteiger partial charge in [0.1, 0.15) is 0 Å². The van der Waals surface area contributed by atoms with E-state index in [0.29, 0.717) is 17.2 Å². The quantitative estimate of drug-likeness (QED) is 0.315. The Balaban J connectivity index is 1.56. The van der Waals surface area contributed by atoms with E-state index in [0.717, 1.165) is 5.56 Å². The maximum Gasteiger partial charge on any atom is 0.263 e. The van der Waals surface area contributed by atoms with E-state index in [1.165, 1.54) is 55.0 Å². The van der Waals surface area contributed by atoms with Crippen LogP contribution in [0.2, 0.25) is 0 Å². The minimum absolute atomic E-state index is 0.0634. The van der Waals surface area contributed by atoms with Gasteiger partial charge in [0.2, 0.25) is 5.91 Å². The van der Waals surface area contributed by atoms with Crippen LogP contribution in [0.4, 0.5) is 10.8 Å². The highest BCUT2D eigenvalue weighted by Crippen LogP contribution is 2.28. The van der Waals surface area contributed by atoms with Crippen molar-refractivity contribution in [3.63, 3.8) is 0 Å². The fraction of sp³-hybridized carbons (Fsp3) is 0.0952. The Labute approximate surface area is 200 Å². The van der Waals surface area contributed by atoms with Gasteiger partial charge in [0.05, 0.1) is 19.1 Å². The van der Waals surface area contributed by atoms with Gasteiger partial charge in [-0.15, -0.1) is 11.3 Å². The molecule has 1 heterocycles. The first-order valence-electron chi connectivity index (χ1n) is 9.35. The first-order chi connectivity index (χ1) is 15.8. The fourth-order valence-electron chi connectivity index (χ4n) is 2.61. The number of amides is 1. The molecule has 1 amide bonds. The van der Waals surface area contributed by atoms with Crippen molar-refractivity contribution in [1.29, 1.82) is 0 Å². The molecule has 1 aromatic heterocycles. The first kappa shape index (κ1) is 24.2. The Kier molecular flexibility index (Phi) is 7.98. The number of methoxy groups -OCH3 is 2. The Bertz CT molecular complexity index is 1260. The maximum absolute atomic E-state index is 12.4. The van der Waals surface area contributed by atoms with Crippen LogP contribution in [0.15, 0.2) is 65.0 Å². The van der Waals surface area contributed by atoms with Crippen LogP contribution in [0.5, 0.6) is 11.5 Å². The van der Waals surface area contributed by atoms with Crippen molar-refractivity contribution in [3.8, 4) is 11.5 Å². The van der Waals surface area contributed by atoms with Crippen LogP contribution in [0.1, 0.15) is 5.56 Å². The zero-order chi connectivity index (χ0) is 23.8. The van der Waals surface area contributed by atoms with Gasteiger partial charge in [-0.3, -0.25) is 14.8 Å². The number of nitrogens with one attached hydrogen (secondary N) is 3. The Hall–Kier alpha value is -3.48. The zero-order valence-corrected chi connectivity index (χ0v) is 20.0. The van der Waals surface area contributed by atoms with E-state index >= 15 is 0 Å². The van der Waals surface area contributed by atoms with Gasteiger partial charge in [-0.1, -0.05) is 6.07 Å². The number of carbonyl (C=O) groups excluding carboxylic acids is 1. The van der Waals surface area contributed by atoms with Gasteiger partial charge < -0.3 is 14.8 Å². The molecule has 0 radical (unpaired) electrons. The molecule has 0 bridgehead atoms. The van der Waals surface area contributed by atoms with Crippen LogP contribution in [0.3, 0.4) is 0 Å². The molecule has 2 aromatic carbocycles. The average molecular weight is 505 g/mol. The van der Waals surface area contributed by atoms with E-state index in [9.17, 15) is 13.2 Å². The lowest BCUT2D eigenvalue weighted by atomic mass is 10.2. The van der Waals surface area contributed by atoms with E-state index < -0.39 is 15.9 Å². The molecular weight excluding hydrogens is 484 g/mol. The monoisotopic (exact) mass is 504 g/mol. The number of thiocarbonyl (C=S) groups is 1. The van der Waals surface area contributed by atoms with E-state index in [1.807, 2.05) is 0 Å². The molecule has 0 saturated carbocycles. The first-order valence-corrected chi connectivity index (χ1v) is 12.1. The van der Waals surface area contributed by atoms with Gasteiger partial charge in [-0.05, 0) is 60.3 Å². The highest BCUT2D eigenvalue weighted by atomic mass is 32.2. The summed E-state index contributed by atoms with van der Waals surface area (Å²) in [5.41, 5.74) is 1.25. The van der Waals surface area contributed by atoms with E-state index in [1.54, 1.807) is 36.8 Å². The Morgan fingerprint density at radius 3 is 2.45 bits per heavy atom. The molecule has 33 heavy (non-hydrogen) atoms. The summed E-state index contributed by atoms with van der Waals surface area (Å²) in [5, 5.41) is 7.37. The molecule has 9 nitrogen and oxygen atoms in total. The summed E-state index contributed by atoms with van der Waals surface area (Å²) < 4.78 is 37.6. The number of hydrogen-bond donors (Lipinski definition) is 3. The summed E-state index contributed by atoms with van der Waals surface area (Å²) in [6.45, 7) is 0. The van der Waals surface area contributed by atoms with E-state index in [4.69, 9.17) is 21.7 Å². The largest absolute Gasteiger partial charge is 0.493 e. The van der Waals surface area contributed by atoms with Crippen molar-refractivity contribution in [1.82, 2.24) is 10.3 Å². The van der Waals surface area contributed by atoms with Crippen LogP contribution in [0, 0.1) is 0 Å². The third-order valence-corrected chi connectivity index (χ3v) is 6.52. The van der Waals surface area contributed by atoms with Crippen molar-refractivity contribution in [2.24, 2.45) is 0 Å². The Morgan fingerprint density at radius 1 is 1.09 bits per heavy atom. The van der Waals surface area contributed by atoms with Crippen molar-refractivity contribution in [2.45, 2.75) is 4.90 Å². The molecule has 0 saturated heterocycles. The number of nitrogens with zero attached hydrogens (tertiary/aromatic N) is 1. The van der Waals surface area contributed by atoms with Crippen molar-refractivity contribution in [2.75, 3.05) is 24.3 Å². The van der Waals surface area contributed by atoms with E-state index in [2.05, 4.69) is 20.3 Å². The van der Waals surface area contributed by atoms with Crippen molar-refractivity contribution in [3.05, 3.63) is 65.7 Å². The van der Waals surface area contributed by atoms with Gasteiger partial charge >= 0.3 is 0 Å². The van der Waals surface area contributed by atoms with Crippen LogP contribution >= 0.6 is 23.6 Å². The summed E-state index contributed by atoms with van der Waals surface area (Å²) in [5.74, 6) is 0.695. The SMILES string of the molecule is COc1ccc(C=CC(=O)NC(=S)Nc2ccc(S(=O)(=O)Nc3nccs3)cc2)cc1OC. The highest BCUT2D eigenvalue weighted by molar-refractivity contribution is 7.93. The number of rotatable bonds is 8. The number of benzene rings is 2. The predicted octanol–water partition coefficient (Wildman–Crippen LogP) is 3.49. The Morgan fingerprint density at radius 2 is 1.82 bits per heavy atom. The molecular formula is C21H20N4O5S3. The number of sulfonamides is 1. The molecule has 0 aliphatic rings. The molecule has 3 N–H and O–H groups in total. The van der Waals surface area contributed by atoms with Gasteiger partial charge in [0.15, 0.2) is 21.7 Å². The third-order valence-electron chi connectivity index (χ3n) is 4.15. The van der Waals surface area contributed by atoms with Gasteiger partial charge in [0.25, 0.3) is 10.0 Å². The summed E-state index contributed by atoms with van der Waals surface area (Å²) in [6, 6.07) is 11.2. The lowest BCUT2D eigenvalue weighted by molar-refractivity contribution is -0.115. The smallest absolute Gasteiger partial charge is 0.263 e. The molecule has 0 fully saturated rings. The van der Waals surface area contributed by atoms with Gasteiger partial charge in [-0.2, -0.15) is 0 Å². The topological polar surface area (TPSA) is 119 Å². The van der Waals surface area contributed by atoms with Crippen molar-refractivity contribution >= 4 is 61.5 Å². The lowest BCUT2D eigenvalue weighted by Crippen LogP contribution is -2.32. The molecule has 172 valence electrons. The molecule has 3 rings (SSSR count). The van der Waals surface area contributed by atoms with Crippen LogP contribution in [-0.2, 0) is 14.8 Å². The number of hydrogen-bond acceptors (Lipinski definition) is 8. The summed E-state index contributed by atoms with van der Waals surface area (Å²) in [6.07, 6.45) is 4.44. The average Bonchev–Trinajstić information content (AvgIpc) is 3.30.